The number of H-pyrrole nitrogens is 1. The van der Waals surface area contributed by atoms with Crippen LogP contribution >= 0.6 is 0 Å². The van der Waals surface area contributed by atoms with Gasteiger partial charge in [-0.2, -0.15) is 0 Å². The van der Waals surface area contributed by atoms with Gasteiger partial charge in [-0.05, 0) is 37.7 Å². The van der Waals surface area contributed by atoms with E-state index in [1.165, 1.54) is 0 Å². The monoisotopic (exact) mass is 228 g/mol. The molecule has 3 heteroatoms. The summed E-state index contributed by atoms with van der Waals surface area (Å²) in [5, 5.41) is 4.08. The summed E-state index contributed by atoms with van der Waals surface area (Å²) in [6.07, 6.45) is 7.84. The normalized spacial score (nSPS) is 11.4. The van der Waals surface area contributed by atoms with Crippen LogP contribution in [0.5, 0.6) is 0 Å². The maximum absolute atomic E-state index is 10.8. The zero-order valence-corrected chi connectivity index (χ0v) is 9.86. The second kappa shape index (κ2) is 5.46. The number of nitrogens with one attached hydrogen (secondary N) is 2. The number of aromatic amines is 1. The van der Waals surface area contributed by atoms with Gasteiger partial charge in [-0.25, -0.2) is 0 Å². The zero-order chi connectivity index (χ0) is 12.1. The number of rotatable bonds is 5. The van der Waals surface area contributed by atoms with Crippen molar-refractivity contribution in [1.29, 1.82) is 0 Å². The van der Waals surface area contributed by atoms with Gasteiger partial charge in [0.15, 0.2) is 6.29 Å². The van der Waals surface area contributed by atoms with Crippen molar-refractivity contribution in [3.05, 3.63) is 41.6 Å². The summed E-state index contributed by atoms with van der Waals surface area (Å²) in [6.45, 7) is 0.975. The first-order valence-corrected chi connectivity index (χ1v) is 5.72. The molecule has 2 N–H and O–H groups in total. The Morgan fingerprint density at radius 2 is 2.29 bits per heavy atom. The molecule has 2 aromatic rings. The Hall–Kier alpha value is -1.87. The molecule has 0 amide bonds. The molecule has 1 aromatic carbocycles. The summed E-state index contributed by atoms with van der Waals surface area (Å²) >= 11 is 0. The molecule has 3 nitrogen and oxygen atoms in total. The fraction of sp³-hybridized carbons (Fsp3) is 0.214. The Balaban J connectivity index is 2.24. The van der Waals surface area contributed by atoms with Gasteiger partial charge in [-0.15, -0.1) is 0 Å². The Bertz CT molecular complexity index is 540. The highest BCUT2D eigenvalue weighted by atomic mass is 16.1. The Labute approximate surface area is 101 Å². The van der Waals surface area contributed by atoms with Gasteiger partial charge in [0.25, 0.3) is 0 Å². The van der Waals surface area contributed by atoms with Gasteiger partial charge >= 0.3 is 0 Å². The molecule has 17 heavy (non-hydrogen) atoms. The molecule has 1 heterocycles. The minimum Gasteiger partial charge on any atom is -0.360 e. The van der Waals surface area contributed by atoms with Crippen molar-refractivity contribution < 1.29 is 4.79 Å². The van der Waals surface area contributed by atoms with Crippen LogP contribution in [0.1, 0.15) is 22.3 Å². The van der Waals surface area contributed by atoms with Crippen LogP contribution < -0.4 is 5.32 Å². The van der Waals surface area contributed by atoms with Crippen LogP contribution in [0.4, 0.5) is 0 Å². The molecule has 0 saturated carbocycles. The van der Waals surface area contributed by atoms with E-state index in [4.69, 9.17) is 0 Å². The van der Waals surface area contributed by atoms with Crippen LogP contribution in [-0.2, 0) is 0 Å². The summed E-state index contributed by atoms with van der Waals surface area (Å²) in [6, 6.07) is 6.08. The number of aromatic nitrogens is 1. The quantitative estimate of drug-likeness (QED) is 0.610. The van der Waals surface area contributed by atoms with E-state index in [2.05, 4.69) is 22.5 Å². The molecule has 0 fully saturated rings. The van der Waals surface area contributed by atoms with Crippen molar-refractivity contribution in [2.45, 2.75) is 6.42 Å². The van der Waals surface area contributed by atoms with Crippen molar-refractivity contribution in [3.63, 3.8) is 0 Å². The fourth-order valence-electron chi connectivity index (χ4n) is 1.81. The van der Waals surface area contributed by atoms with Crippen molar-refractivity contribution >= 4 is 23.3 Å². The molecule has 0 unspecified atom stereocenters. The third kappa shape index (κ3) is 2.63. The highest BCUT2D eigenvalue weighted by Gasteiger charge is 2.01. The van der Waals surface area contributed by atoms with Gasteiger partial charge in [-0.1, -0.05) is 18.2 Å². The van der Waals surface area contributed by atoms with Crippen molar-refractivity contribution in [2.75, 3.05) is 13.6 Å². The van der Waals surface area contributed by atoms with E-state index in [0.717, 1.165) is 35.7 Å². The van der Waals surface area contributed by atoms with Crippen molar-refractivity contribution in [2.24, 2.45) is 0 Å². The first-order valence-electron chi connectivity index (χ1n) is 5.72. The predicted molar refractivity (Wildman–Crippen MR) is 71.3 cm³/mol. The SMILES string of the molecule is CNCCC=Cc1ccc2[nH]cc(C=O)c2c1. The van der Waals surface area contributed by atoms with Gasteiger partial charge < -0.3 is 10.3 Å². The number of carbonyl (C=O) groups is 1. The molecule has 0 aliphatic heterocycles. The Morgan fingerprint density at radius 1 is 1.41 bits per heavy atom. The molecular weight excluding hydrogens is 212 g/mol. The Kier molecular flexibility index (Phi) is 3.73. The number of hydrogen-bond acceptors (Lipinski definition) is 2. The lowest BCUT2D eigenvalue weighted by Crippen LogP contribution is -2.05. The summed E-state index contributed by atoms with van der Waals surface area (Å²) < 4.78 is 0. The topological polar surface area (TPSA) is 44.9 Å². The molecule has 0 radical (unpaired) electrons. The molecule has 0 atom stereocenters. The predicted octanol–water partition coefficient (Wildman–Crippen LogP) is 2.60. The maximum Gasteiger partial charge on any atom is 0.152 e. The van der Waals surface area contributed by atoms with E-state index >= 15 is 0 Å². The van der Waals surface area contributed by atoms with E-state index in [1.54, 1.807) is 6.20 Å². The number of carbonyl (C=O) groups excluding carboxylic acids is 1. The lowest BCUT2D eigenvalue weighted by Gasteiger charge is -1.96. The standard InChI is InChI=1S/C14H16N2O/c1-15-7-3-2-4-11-5-6-14-13(8-11)12(10-17)9-16-14/h2,4-6,8-10,15-16H,3,7H2,1H3. The average Bonchev–Trinajstić information content (AvgIpc) is 2.77. The van der Waals surface area contributed by atoms with E-state index in [0.29, 0.717) is 5.56 Å². The largest absolute Gasteiger partial charge is 0.360 e. The highest BCUT2D eigenvalue weighted by molar-refractivity contribution is 5.98. The summed E-state index contributed by atoms with van der Waals surface area (Å²) in [4.78, 5) is 13.9. The number of aldehydes is 1. The van der Waals surface area contributed by atoms with E-state index in [9.17, 15) is 4.79 Å². The summed E-state index contributed by atoms with van der Waals surface area (Å²) in [7, 11) is 1.94. The fourth-order valence-corrected chi connectivity index (χ4v) is 1.81. The van der Waals surface area contributed by atoms with Crippen LogP contribution in [0, 0.1) is 0 Å². The number of fused-ring (bicyclic) bond motifs is 1. The lowest BCUT2D eigenvalue weighted by atomic mass is 10.1. The molecule has 0 aliphatic carbocycles. The first kappa shape index (κ1) is 11.6. The lowest BCUT2D eigenvalue weighted by molar-refractivity contribution is 0.112. The Morgan fingerprint density at radius 3 is 3.06 bits per heavy atom. The molecule has 0 spiro atoms. The molecule has 1 aromatic heterocycles. The third-order valence-electron chi connectivity index (χ3n) is 2.74. The molecular formula is C14H16N2O. The summed E-state index contributed by atoms with van der Waals surface area (Å²) in [5.74, 6) is 0. The summed E-state index contributed by atoms with van der Waals surface area (Å²) in [5.41, 5.74) is 2.83. The minimum atomic E-state index is 0.713. The van der Waals surface area contributed by atoms with Gasteiger partial charge in [0, 0.05) is 22.7 Å². The highest BCUT2D eigenvalue weighted by Crippen LogP contribution is 2.19. The van der Waals surface area contributed by atoms with Gasteiger partial charge in [0.05, 0.1) is 0 Å². The number of hydrogen-bond donors (Lipinski definition) is 2. The van der Waals surface area contributed by atoms with Crippen LogP contribution in [0.3, 0.4) is 0 Å². The first-order chi connectivity index (χ1) is 8.35. The van der Waals surface area contributed by atoms with Crippen molar-refractivity contribution in [1.82, 2.24) is 10.3 Å². The van der Waals surface area contributed by atoms with E-state index < -0.39 is 0 Å². The van der Waals surface area contributed by atoms with Gasteiger partial charge in [0.1, 0.15) is 0 Å². The third-order valence-corrected chi connectivity index (χ3v) is 2.74. The number of benzene rings is 1. The van der Waals surface area contributed by atoms with Crippen LogP contribution in [-0.4, -0.2) is 24.9 Å². The molecule has 2 rings (SSSR count). The van der Waals surface area contributed by atoms with Crippen LogP contribution in [0.25, 0.3) is 17.0 Å². The van der Waals surface area contributed by atoms with Crippen LogP contribution in [0.2, 0.25) is 0 Å². The van der Waals surface area contributed by atoms with Gasteiger partial charge in [-0.3, -0.25) is 4.79 Å². The van der Waals surface area contributed by atoms with Crippen molar-refractivity contribution in [3.8, 4) is 0 Å². The second-order valence-corrected chi connectivity index (χ2v) is 3.96. The van der Waals surface area contributed by atoms with Gasteiger partial charge in [0.2, 0.25) is 0 Å². The molecule has 0 aliphatic rings. The second-order valence-electron chi connectivity index (χ2n) is 3.96. The zero-order valence-electron chi connectivity index (χ0n) is 9.86. The molecule has 88 valence electrons. The smallest absolute Gasteiger partial charge is 0.152 e. The van der Waals surface area contributed by atoms with E-state index in [-0.39, 0.29) is 0 Å². The molecule has 0 bridgehead atoms. The maximum atomic E-state index is 10.8. The van der Waals surface area contributed by atoms with E-state index in [1.807, 2.05) is 25.2 Å². The molecule has 0 saturated heterocycles. The van der Waals surface area contributed by atoms with Crippen LogP contribution in [0.15, 0.2) is 30.5 Å². The average molecular weight is 228 g/mol. The minimum absolute atomic E-state index is 0.713.